The maximum Gasteiger partial charge on any atom is 0.331 e. The van der Waals surface area contributed by atoms with E-state index in [0.29, 0.717) is 56.9 Å². The zero-order valence-electron chi connectivity index (χ0n) is 62.5. The smallest absolute Gasteiger partial charge is 0.331 e. The Morgan fingerprint density at radius 1 is 0.485 bits per heavy atom. The van der Waals surface area contributed by atoms with Gasteiger partial charge in [-0.05, 0) is 128 Å². The molecule has 9 N–H and O–H groups in total. The summed E-state index contributed by atoms with van der Waals surface area (Å²) in [5, 5.41) is 106. The van der Waals surface area contributed by atoms with E-state index >= 15 is 0 Å². The topological polar surface area (TPSA) is 309 Å². The molecule has 5 rings (SSSR count). The number of carbonyl (C=O) groups is 2. The minimum Gasteiger partial charge on any atom is -0.458 e. The number of allylic oxidation sites excluding steroid dienone is 2. The van der Waals surface area contributed by atoms with Gasteiger partial charge in [0.05, 0.1) is 128 Å². The Balaban J connectivity index is 1.37. The van der Waals surface area contributed by atoms with Crippen LogP contribution in [0.25, 0.3) is 0 Å². The Kier molecular flexibility index (Phi) is 37.7. The van der Waals surface area contributed by atoms with E-state index in [1.807, 2.05) is 78.8 Å². The molecule has 5 aliphatic rings. The van der Waals surface area contributed by atoms with E-state index in [9.17, 15) is 55.5 Å². The second-order valence-electron chi connectivity index (χ2n) is 30.5. The molecule has 0 aliphatic carbocycles. The van der Waals surface area contributed by atoms with Gasteiger partial charge in [0, 0.05) is 108 Å². The summed E-state index contributed by atoms with van der Waals surface area (Å²) < 4.78 is 61.1. The van der Waals surface area contributed by atoms with Crippen molar-refractivity contribution >= 4 is 11.9 Å². The van der Waals surface area contributed by atoms with Gasteiger partial charge in [0.2, 0.25) is 0 Å². The lowest BCUT2D eigenvalue weighted by Gasteiger charge is -2.38. The Morgan fingerprint density at radius 3 is 1.30 bits per heavy atom. The zero-order chi connectivity index (χ0) is 73.4. The van der Waals surface area contributed by atoms with Crippen molar-refractivity contribution in [2.24, 2.45) is 47.3 Å². The maximum atomic E-state index is 13.9. The average Bonchev–Trinajstić information content (AvgIpc) is 0.850. The van der Waals surface area contributed by atoms with E-state index in [4.69, 9.17) is 47.4 Å². The van der Waals surface area contributed by atoms with Crippen molar-refractivity contribution in [3.05, 3.63) is 72.4 Å². The van der Waals surface area contributed by atoms with Crippen molar-refractivity contribution in [1.29, 1.82) is 0 Å². The number of rotatable bonds is 16. The summed E-state index contributed by atoms with van der Waals surface area (Å²) >= 11 is 0. The predicted molar refractivity (Wildman–Crippen MR) is 379 cm³/mol. The van der Waals surface area contributed by atoms with E-state index < -0.39 is 139 Å². The Bertz CT molecular complexity index is 2510. The lowest BCUT2D eigenvalue weighted by atomic mass is 9.78. The fraction of sp³-hybridized carbons (Fsp3) is 0.821. The van der Waals surface area contributed by atoms with Crippen molar-refractivity contribution < 1.29 is 103 Å². The second kappa shape index (κ2) is 43.2. The highest BCUT2D eigenvalue weighted by Crippen LogP contribution is 2.37. The molecule has 0 amide bonds. The average molecular weight is 1410 g/mol. The molecule has 2 fully saturated rings. The molecule has 5 heterocycles. The van der Waals surface area contributed by atoms with Gasteiger partial charge in [-0.3, -0.25) is 0 Å². The monoisotopic (exact) mass is 1400 g/mol. The van der Waals surface area contributed by atoms with Gasteiger partial charge in [0.25, 0.3) is 0 Å². The number of hydrogen-bond donors (Lipinski definition) is 9. The molecule has 0 saturated carbocycles. The number of carbonyl (C=O) groups excluding carboxylic acids is 2. The Hall–Kier alpha value is -3.30. The summed E-state index contributed by atoms with van der Waals surface area (Å²) in [6.07, 6.45) is 8.44. The summed E-state index contributed by atoms with van der Waals surface area (Å²) in [6.45, 7) is 24.5. The lowest BCUT2D eigenvalue weighted by Crippen LogP contribution is -2.45. The van der Waals surface area contributed by atoms with Crippen molar-refractivity contribution in [2.75, 3.05) is 28.4 Å². The normalized spacial score (nSPS) is 39.9. The molecular weight excluding hydrogens is 1270 g/mol. The summed E-state index contributed by atoms with van der Waals surface area (Å²) in [5.41, 5.74) is 0.810. The molecule has 0 aromatic carbocycles. The van der Waals surface area contributed by atoms with Gasteiger partial charge in [0.1, 0.15) is 12.2 Å². The van der Waals surface area contributed by atoms with Crippen LogP contribution in [0.5, 0.6) is 0 Å². The van der Waals surface area contributed by atoms with Crippen LogP contribution in [0.4, 0.5) is 0 Å². The van der Waals surface area contributed by atoms with Crippen LogP contribution in [-0.4, -0.2) is 227 Å². The maximum absolute atomic E-state index is 13.9. The van der Waals surface area contributed by atoms with Crippen LogP contribution >= 0.6 is 0 Å². The highest BCUT2D eigenvalue weighted by atomic mass is 16.6. The first-order valence-electron chi connectivity index (χ1n) is 37.2. The van der Waals surface area contributed by atoms with Gasteiger partial charge >= 0.3 is 11.9 Å². The predicted octanol–water partition coefficient (Wildman–Crippen LogP) is 9.08. The number of hydrogen-bond acceptors (Lipinski definition) is 21. The minimum atomic E-state index is -1.27. The molecule has 0 aromatic heterocycles. The molecule has 31 atom stereocenters. The molecular formula is C78H132O21. The van der Waals surface area contributed by atoms with Crippen LogP contribution in [0.1, 0.15) is 192 Å². The van der Waals surface area contributed by atoms with Crippen LogP contribution in [-0.2, 0) is 57.0 Å². The second-order valence-corrected chi connectivity index (χ2v) is 30.5. The molecule has 21 heteroatoms. The SMILES string of the molecule is C=C1C=CC(=O)O[C@H]([C@@H](C)[C@H](O)[C@@H](C)CC[C@H]2C[C@H](OC)C[C@H](C)O2)[C@@H](C)[C@@H](O)C[C@@H](O)[C@@H](C)[C@@H](OC)C[C@@H]2CC=C[C@@H](C[C@@H](O)CC=C(C)C=CC(=O)O[C@H]([C@@H](C)[C@H](O)[C@@H](C)CC[C@H]3C[C@H](OC)C[C@H](C)O3)[C@@H](C)[C@@H](O)C[C@@H](O)[C@@H](C)[C@@H](OC)C[C@@H]3CC=C[C@@H](C[C@@H](O)C[C@H]1O)O3)O2. The van der Waals surface area contributed by atoms with E-state index in [1.165, 1.54) is 12.2 Å². The largest absolute Gasteiger partial charge is 0.458 e. The van der Waals surface area contributed by atoms with Crippen LogP contribution in [0.3, 0.4) is 0 Å². The molecule has 0 radical (unpaired) electrons. The first kappa shape index (κ1) is 86.3. The summed E-state index contributed by atoms with van der Waals surface area (Å²) in [6, 6.07) is 0. The standard InChI is InChI=1S/C78H132O21/c1-44-23-28-56(79)35-58-19-17-21-60(96-58)40-71(92-15)50(7)68(83)43-70(85)53(10)78(55(12)76(89)47(4)26-30-63-39-65(91-14)34-49(6)95-63)99-74(87)32-27-45(2)66(81)37-57(80)36-59-20-18-22-61(97-59)41-72(93-16)51(8)67(82)42-69(84)52(9)77(98-73(86)31-24-44)54(11)75(88)46(3)25-29-62-38-64(90-13)33-48(5)94-62/h17-20,23-24,27,31-32,46-72,75-85,88-89H,2,21-22,25-26,28-30,33-43H2,1,3-16H3/t46-,47-,48-,49-,50+,51+,52-,53-,54-,55-,56-,57+,58-,59-,60-,61-,62-,63-,64+,65+,66+,67+,68+,69-,70-,71-,72-,75+,76+,77-,78-/m0/s1. The first-order valence-corrected chi connectivity index (χ1v) is 37.2. The third-order valence-electron chi connectivity index (χ3n) is 22.4. The number of aliphatic hydroxyl groups is 9. The first-order chi connectivity index (χ1) is 46.8. The highest BCUT2D eigenvalue weighted by molar-refractivity contribution is 5.83. The fourth-order valence-corrected chi connectivity index (χ4v) is 15.5. The van der Waals surface area contributed by atoms with Crippen molar-refractivity contribution in [1.82, 2.24) is 0 Å². The summed E-state index contributed by atoms with van der Waals surface area (Å²) in [4.78, 5) is 27.8. The third-order valence-corrected chi connectivity index (χ3v) is 22.4. The fourth-order valence-electron chi connectivity index (χ4n) is 15.5. The summed E-state index contributed by atoms with van der Waals surface area (Å²) in [7, 11) is 6.52. The third kappa shape index (κ3) is 28.3. The Morgan fingerprint density at radius 2 is 0.889 bits per heavy atom. The van der Waals surface area contributed by atoms with Gasteiger partial charge in [0.15, 0.2) is 0 Å². The van der Waals surface area contributed by atoms with Crippen molar-refractivity contribution in [2.45, 2.75) is 332 Å². The van der Waals surface area contributed by atoms with Crippen molar-refractivity contribution in [3.8, 4) is 0 Å². The number of methoxy groups -OCH3 is 4. The van der Waals surface area contributed by atoms with Gasteiger partial charge in [-0.2, -0.15) is 0 Å². The summed E-state index contributed by atoms with van der Waals surface area (Å²) in [5.74, 6) is -5.94. The quantitative estimate of drug-likeness (QED) is 0.0514. The van der Waals surface area contributed by atoms with Gasteiger partial charge in [-0.15, -0.1) is 0 Å². The lowest BCUT2D eigenvalue weighted by molar-refractivity contribution is -0.158. The molecule has 21 nitrogen and oxygen atoms in total. The van der Waals surface area contributed by atoms with Crippen LogP contribution in [0.2, 0.25) is 0 Å². The molecule has 0 aromatic rings. The number of fused-ring (bicyclic) bond motifs is 4. The van der Waals surface area contributed by atoms with E-state index in [1.54, 1.807) is 62.2 Å². The van der Waals surface area contributed by atoms with Crippen LogP contribution in [0.15, 0.2) is 72.4 Å². The zero-order valence-corrected chi connectivity index (χ0v) is 62.5. The number of cyclic esters (lactones) is 2. The molecule has 5 aliphatic heterocycles. The van der Waals surface area contributed by atoms with E-state index in [2.05, 4.69) is 6.58 Å². The minimum absolute atomic E-state index is 0.0304. The van der Waals surface area contributed by atoms with Gasteiger partial charge < -0.3 is 93.3 Å². The Labute approximate surface area is 592 Å². The van der Waals surface area contributed by atoms with Crippen LogP contribution < -0.4 is 0 Å². The molecule has 0 spiro atoms. The van der Waals surface area contributed by atoms with Crippen molar-refractivity contribution in [3.63, 3.8) is 0 Å². The number of aliphatic hydroxyl groups excluding tert-OH is 9. The molecule has 2 saturated heterocycles. The van der Waals surface area contributed by atoms with E-state index in [-0.39, 0.29) is 105 Å². The molecule has 99 heavy (non-hydrogen) atoms. The van der Waals surface area contributed by atoms with E-state index in [0.717, 1.165) is 31.8 Å². The molecule has 570 valence electrons. The molecule has 4 bridgehead atoms. The molecule has 0 unspecified atom stereocenters. The van der Waals surface area contributed by atoms with Gasteiger partial charge in [-0.1, -0.05) is 104 Å². The van der Waals surface area contributed by atoms with Gasteiger partial charge in [-0.25, -0.2) is 9.59 Å². The number of esters is 2. The highest BCUT2D eigenvalue weighted by Gasteiger charge is 2.43. The van der Waals surface area contributed by atoms with Crippen LogP contribution in [0, 0.1) is 47.3 Å². The number of ether oxygens (including phenoxy) is 10.